The average molecular weight is 433 g/mol. The summed E-state index contributed by atoms with van der Waals surface area (Å²) >= 11 is 1.67. The van der Waals surface area contributed by atoms with E-state index in [1.54, 1.807) is 11.3 Å². The third-order valence-corrected chi connectivity index (χ3v) is 6.75. The lowest BCUT2D eigenvalue weighted by atomic mass is 10.0. The highest BCUT2D eigenvalue weighted by atomic mass is 32.1. The highest BCUT2D eigenvalue weighted by Crippen LogP contribution is 2.33. The number of nitrogens with one attached hydrogen (secondary N) is 1. The molecule has 2 heterocycles. The molecule has 2 atom stereocenters. The lowest BCUT2D eigenvalue weighted by Gasteiger charge is -2.24. The number of ether oxygens (including phenoxy) is 1. The molecule has 0 bridgehead atoms. The topological polar surface area (TPSA) is 58.6 Å². The van der Waals surface area contributed by atoms with Crippen LogP contribution in [0.2, 0.25) is 0 Å². The van der Waals surface area contributed by atoms with Crippen molar-refractivity contribution in [3.63, 3.8) is 0 Å². The molecule has 5 nitrogen and oxygen atoms in total. The van der Waals surface area contributed by atoms with Crippen molar-refractivity contribution < 1.29 is 14.3 Å². The molecule has 2 aliphatic rings. The number of para-hydroxylation sites is 1. The average Bonchev–Trinajstić information content (AvgIpc) is 3.39. The van der Waals surface area contributed by atoms with Gasteiger partial charge >= 0.3 is 0 Å². The van der Waals surface area contributed by atoms with Crippen molar-refractivity contribution in [2.75, 3.05) is 19.6 Å². The van der Waals surface area contributed by atoms with Gasteiger partial charge in [-0.1, -0.05) is 42.5 Å². The number of Topliss-reactive ketones (excluding diaryl/α,β-unsaturated/α-hetero) is 1. The second kappa shape index (κ2) is 8.65. The first-order chi connectivity index (χ1) is 15.2. The second-order valence-corrected chi connectivity index (χ2v) is 8.84. The minimum atomic E-state index is -0.379. The SMILES string of the molecule is O=C1CC(C(=O)NCCN2Cc3ccccc3OC(c3ccsc3)C2)c2ccccc21. The number of benzene rings is 2. The molecule has 0 saturated heterocycles. The van der Waals surface area contributed by atoms with E-state index >= 15 is 0 Å². The summed E-state index contributed by atoms with van der Waals surface area (Å²) < 4.78 is 6.33. The molecular formula is C25H24N2O3S. The quantitative estimate of drug-likeness (QED) is 0.657. The van der Waals surface area contributed by atoms with E-state index in [0.29, 0.717) is 18.7 Å². The first-order valence-corrected chi connectivity index (χ1v) is 11.5. The summed E-state index contributed by atoms with van der Waals surface area (Å²) in [6.07, 6.45) is 0.223. The summed E-state index contributed by atoms with van der Waals surface area (Å²) in [5.74, 6) is 0.525. The van der Waals surface area contributed by atoms with Gasteiger partial charge in [-0.05, 0) is 28.5 Å². The molecule has 5 rings (SSSR count). The van der Waals surface area contributed by atoms with E-state index in [-0.39, 0.29) is 30.1 Å². The van der Waals surface area contributed by atoms with Gasteiger partial charge in [0.05, 0.1) is 5.92 Å². The summed E-state index contributed by atoms with van der Waals surface area (Å²) in [5.41, 5.74) is 3.86. The van der Waals surface area contributed by atoms with Crippen LogP contribution in [0.15, 0.2) is 65.4 Å². The molecule has 31 heavy (non-hydrogen) atoms. The maximum atomic E-state index is 12.8. The van der Waals surface area contributed by atoms with Gasteiger partial charge in [0.2, 0.25) is 5.91 Å². The number of nitrogens with zero attached hydrogens (tertiary/aromatic N) is 1. The Balaban J connectivity index is 1.25. The molecule has 0 radical (unpaired) electrons. The van der Waals surface area contributed by atoms with Crippen LogP contribution in [0.1, 0.15) is 45.5 Å². The second-order valence-electron chi connectivity index (χ2n) is 8.06. The summed E-state index contributed by atoms with van der Waals surface area (Å²) in [5, 5.41) is 7.26. The molecule has 0 spiro atoms. The van der Waals surface area contributed by atoms with Gasteiger partial charge in [0.15, 0.2) is 5.78 Å². The van der Waals surface area contributed by atoms with Crippen LogP contribution >= 0.6 is 11.3 Å². The zero-order chi connectivity index (χ0) is 21.2. The Bertz CT molecular complexity index is 1100. The number of rotatable bonds is 5. The largest absolute Gasteiger partial charge is 0.484 e. The van der Waals surface area contributed by atoms with Crippen molar-refractivity contribution in [2.45, 2.75) is 25.0 Å². The van der Waals surface area contributed by atoms with Crippen LogP contribution in [0.5, 0.6) is 5.75 Å². The first-order valence-electron chi connectivity index (χ1n) is 10.6. The van der Waals surface area contributed by atoms with Gasteiger partial charge in [-0.3, -0.25) is 14.5 Å². The van der Waals surface area contributed by atoms with Crippen molar-refractivity contribution in [3.8, 4) is 5.75 Å². The van der Waals surface area contributed by atoms with Gasteiger partial charge < -0.3 is 10.1 Å². The lowest BCUT2D eigenvalue weighted by Crippen LogP contribution is -2.38. The van der Waals surface area contributed by atoms with Gasteiger partial charge in [-0.25, -0.2) is 0 Å². The number of carbonyl (C=O) groups is 2. The van der Waals surface area contributed by atoms with E-state index in [1.165, 1.54) is 5.56 Å². The van der Waals surface area contributed by atoms with Gasteiger partial charge in [0, 0.05) is 49.3 Å². The van der Waals surface area contributed by atoms with Crippen LogP contribution in [0, 0.1) is 0 Å². The Kier molecular flexibility index (Phi) is 5.57. The fourth-order valence-corrected chi connectivity index (χ4v) is 5.14. The van der Waals surface area contributed by atoms with Gasteiger partial charge in [0.1, 0.15) is 11.9 Å². The fourth-order valence-electron chi connectivity index (χ4n) is 4.44. The van der Waals surface area contributed by atoms with E-state index < -0.39 is 0 Å². The molecule has 1 aliphatic carbocycles. The van der Waals surface area contributed by atoms with E-state index in [4.69, 9.17) is 4.74 Å². The highest BCUT2D eigenvalue weighted by Gasteiger charge is 2.33. The van der Waals surface area contributed by atoms with Crippen LogP contribution in [-0.2, 0) is 11.3 Å². The maximum absolute atomic E-state index is 12.8. The molecule has 3 aromatic rings. The number of hydrogen-bond acceptors (Lipinski definition) is 5. The summed E-state index contributed by atoms with van der Waals surface area (Å²) in [7, 11) is 0. The summed E-state index contributed by atoms with van der Waals surface area (Å²) in [6.45, 7) is 2.78. The maximum Gasteiger partial charge on any atom is 0.228 e. The summed E-state index contributed by atoms with van der Waals surface area (Å²) in [6, 6.07) is 17.7. The first kappa shape index (κ1) is 20.0. The standard InChI is InChI=1S/C25H24N2O3S/c28-22-13-21(19-6-2-3-7-20(19)22)25(29)26-10-11-27-14-17-5-1-4-8-23(17)30-24(15-27)18-9-12-31-16-18/h1-9,12,16,21,24H,10-11,13-15H2,(H,26,29). The van der Waals surface area contributed by atoms with E-state index in [1.807, 2.05) is 42.5 Å². The molecule has 0 fully saturated rings. The monoisotopic (exact) mass is 432 g/mol. The molecule has 2 aromatic carbocycles. The van der Waals surface area contributed by atoms with Crippen molar-refractivity contribution >= 4 is 23.0 Å². The van der Waals surface area contributed by atoms with Crippen LogP contribution in [0.3, 0.4) is 0 Å². The molecular weight excluding hydrogens is 408 g/mol. The van der Waals surface area contributed by atoms with Crippen molar-refractivity contribution in [3.05, 3.63) is 87.6 Å². The third kappa shape index (κ3) is 4.13. The Hall–Kier alpha value is -2.96. The molecule has 1 aromatic heterocycles. The Morgan fingerprint density at radius 3 is 2.84 bits per heavy atom. The smallest absolute Gasteiger partial charge is 0.228 e. The van der Waals surface area contributed by atoms with Crippen molar-refractivity contribution in [2.24, 2.45) is 0 Å². The molecule has 1 N–H and O–H groups in total. The number of fused-ring (bicyclic) bond motifs is 2. The van der Waals surface area contributed by atoms with Gasteiger partial charge in [0.25, 0.3) is 0 Å². The van der Waals surface area contributed by atoms with E-state index in [0.717, 1.165) is 30.0 Å². The van der Waals surface area contributed by atoms with Crippen LogP contribution in [0.4, 0.5) is 0 Å². The van der Waals surface area contributed by atoms with E-state index in [9.17, 15) is 9.59 Å². The van der Waals surface area contributed by atoms with Crippen molar-refractivity contribution in [1.82, 2.24) is 10.2 Å². The summed E-state index contributed by atoms with van der Waals surface area (Å²) in [4.78, 5) is 27.3. The highest BCUT2D eigenvalue weighted by molar-refractivity contribution is 7.07. The number of hydrogen-bond donors (Lipinski definition) is 1. The number of thiophene rings is 1. The predicted molar refractivity (Wildman–Crippen MR) is 121 cm³/mol. The van der Waals surface area contributed by atoms with Gasteiger partial charge in [-0.2, -0.15) is 11.3 Å². The molecule has 1 aliphatic heterocycles. The number of amides is 1. The van der Waals surface area contributed by atoms with E-state index in [2.05, 4.69) is 33.1 Å². The minimum Gasteiger partial charge on any atom is -0.484 e. The minimum absolute atomic E-state index is 0.0371. The molecule has 0 saturated carbocycles. The van der Waals surface area contributed by atoms with Crippen LogP contribution in [-0.4, -0.2) is 36.2 Å². The normalized spacial score (nSPS) is 20.5. The zero-order valence-corrected chi connectivity index (χ0v) is 17.9. The zero-order valence-electron chi connectivity index (χ0n) is 17.1. The van der Waals surface area contributed by atoms with Crippen molar-refractivity contribution in [1.29, 1.82) is 0 Å². The Morgan fingerprint density at radius 2 is 1.97 bits per heavy atom. The number of ketones is 1. The molecule has 2 unspecified atom stereocenters. The lowest BCUT2D eigenvalue weighted by molar-refractivity contribution is -0.122. The molecule has 6 heteroatoms. The fraction of sp³-hybridized carbons (Fsp3) is 0.280. The molecule has 158 valence electrons. The number of carbonyl (C=O) groups excluding carboxylic acids is 2. The van der Waals surface area contributed by atoms with Crippen LogP contribution < -0.4 is 10.1 Å². The molecule has 1 amide bonds. The Morgan fingerprint density at radius 1 is 1.13 bits per heavy atom. The third-order valence-electron chi connectivity index (χ3n) is 6.04. The van der Waals surface area contributed by atoms with Crippen LogP contribution in [0.25, 0.3) is 0 Å². The van der Waals surface area contributed by atoms with Gasteiger partial charge in [-0.15, -0.1) is 0 Å². The predicted octanol–water partition coefficient (Wildman–Crippen LogP) is 4.17. The Labute approximate surface area is 185 Å².